The molecular formula is C24H17N3O5. The molecule has 1 aliphatic heterocycles. The van der Waals surface area contributed by atoms with Crippen LogP contribution in [0.2, 0.25) is 0 Å². The van der Waals surface area contributed by atoms with E-state index in [1.165, 1.54) is 12.1 Å². The van der Waals surface area contributed by atoms with E-state index in [4.69, 9.17) is 4.74 Å². The number of amides is 1. The van der Waals surface area contributed by atoms with Crippen molar-refractivity contribution in [1.82, 2.24) is 4.98 Å². The third kappa shape index (κ3) is 3.01. The quantitative estimate of drug-likeness (QED) is 0.279. The fraction of sp³-hybridized carbons (Fsp3) is 0.0833. The van der Waals surface area contributed by atoms with Gasteiger partial charge in [0, 0.05) is 28.6 Å². The van der Waals surface area contributed by atoms with E-state index in [2.05, 4.69) is 10.3 Å². The van der Waals surface area contributed by atoms with Crippen LogP contribution in [0.5, 0.6) is 5.75 Å². The van der Waals surface area contributed by atoms with Crippen molar-refractivity contribution in [3.8, 4) is 17.0 Å². The predicted octanol–water partition coefficient (Wildman–Crippen LogP) is 4.67. The zero-order valence-corrected chi connectivity index (χ0v) is 16.9. The number of aromatic nitrogens is 1. The third-order valence-corrected chi connectivity index (χ3v) is 5.68. The minimum atomic E-state index is -1.10. The Hall–Kier alpha value is -4.46. The number of carbonyl (C=O) groups is 2. The van der Waals surface area contributed by atoms with E-state index in [1.54, 1.807) is 61.7 Å². The summed E-state index contributed by atoms with van der Waals surface area (Å²) in [6.45, 7) is 0. The van der Waals surface area contributed by atoms with Gasteiger partial charge in [-0.15, -0.1) is 0 Å². The van der Waals surface area contributed by atoms with E-state index < -0.39 is 16.7 Å². The number of ether oxygens (including phenoxy) is 1. The number of aromatic amines is 1. The van der Waals surface area contributed by atoms with Crippen LogP contribution in [0.3, 0.4) is 0 Å². The van der Waals surface area contributed by atoms with Crippen LogP contribution in [0.4, 0.5) is 11.4 Å². The fourth-order valence-corrected chi connectivity index (χ4v) is 4.15. The summed E-state index contributed by atoms with van der Waals surface area (Å²) in [5.41, 5.74) is 3.04. The van der Waals surface area contributed by atoms with E-state index in [-0.39, 0.29) is 11.5 Å². The lowest BCUT2D eigenvalue weighted by atomic mass is 9.83. The Morgan fingerprint density at radius 1 is 1.00 bits per heavy atom. The summed E-state index contributed by atoms with van der Waals surface area (Å²) in [5.74, 6) is -1.21. The maximum Gasteiger partial charge on any atom is 0.271 e. The SMILES string of the molecule is COc1ccc(-c2[nH]c3cc([N+](=O)[O-])ccc3c2C2C(=O)Nc3ccccc3C2=O)cc1. The molecule has 4 aromatic rings. The first-order chi connectivity index (χ1) is 15.5. The molecule has 1 aromatic heterocycles. The lowest BCUT2D eigenvalue weighted by Gasteiger charge is -2.24. The van der Waals surface area contributed by atoms with E-state index in [1.807, 2.05) is 0 Å². The normalized spacial score (nSPS) is 15.3. The monoisotopic (exact) mass is 427 g/mol. The van der Waals surface area contributed by atoms with E-state index >= 15 is 0 Å². The second-order valence-corrected chi connectivity index (χ2v) is 7.46. The van der Waals surface area contributed by atoms with Gasteiger partial charge in [-0.3, -0.25) is 19.7 Å². The largest absolute Gasteiger partial charge is 0.497 e. The van der Waals surface area contributed by atoms with Gasteiger partial charge in [-0.2, -0.15) is 0 Å². The maximum absolute atomic E-state index is 13.4. The summed E-state index contributed by atoms with van der Waals surface area (Å²) in [6.07, 6.45) is 0. The molecule has 1 aliphatic rings. The Morgan fingerprint density at radius 3 is 2.47 bits per heavy atom. The number of anilines is 1. The minimum Gasteiger partial charge on any atom is -0.497 e. The first kappa shape index (κ1) is 19.5. The molecule has 3 aromatic carbocycles. The van der Waals surface area contributed by atoms with Crippen LogP contribution in [0, 0.1) is 10.1 Å². The van der Waals surface area contributed by atoms with Gasteiger partial charge in [0.15, 0.2) is 5.78 Å². The number of ketones is 1. The molecule has 8 heteroatoms. The van der Waals surface area contributed by atoms with Crippen molar-refractivity contribution in [3.63, 3.8) is 0 Å². The number of nitro benzene ring substituents is 1. The zero-order chi connectivity index (χ0) is 22.4. The molecule has 1 atom stereocenters. The Morgan fingerprint density at radius 2 is 1.75 bits per heavy atom. The molecule has 1 amide bonds. The smallest absolute Gasteiger partial charge is 0.271 e. The van der Waals surface area contributed by atoms with Crippen molar-refractivity contribution in [3.05, 3.63) is 88.0 Å². The summed E-state index contributed by atoms with van der Waals surface area (Å²) in [5, 5.41) is 14.7. The first-order valence-electron chi connectivity index (χ1n) is 9.86. The van der Waals surface area contributed by atoms with Gasteiger partial charge >= 0.3 is 0 Å². The van der Waals surface area contributed by atoms with Gasteiger partial charge in [0.1, 0.15) is 11.7 Å². The molecule has 32 heavy (non-hydrogen) atoms. The number of nitro groups is 1. The van der Waals surface area contributed by atoms with Gasteiger partial charge in [-0.05, 0) is 48.0 Å². The molecule has 0 aliphatic carbocycles. The van der Waals surface area contributed by atoms with Crippen molar-refractivity contribution in [2.24, 2.45) is 0 Å². The third-order valence-electron chi connectivity index (χ3n) is 5.68. The Labute approximate surface area is 182 Å². The molecule has 0 spiro atoms. The average molecular weight is 427 g/mol. The number of fused-ring (bicyclic) bond motifs is 2. The highest BCUT2D eigenvalue weighted by Gasteiger charge is 2.39. The van der Waals surface area contributed by atoms with E-state index in [9.17, 15) is 19.7 Å². The Kier molecular flexibility index (Phi) is 4.48. The number of rotatable bonds is 4. The van der Waals surface area contributed by atoms with Crippen LogP contribution in [0.25, 0.3) is 22.2 Å². The predicted molar refractivity (Wildman–Crippen MR) is 119 cm³/mol. The van der Waals surface area contributed by atoms with Gasteiger partial charge in [-0.1, -0.05) is 12.1 Å². The molecule has 2 heterocycles. The molecular weight excluding hydrogens is 410 g/mol. The summed E-state index contributed by atoms with van der Waals surface area (Å²) in [7, 11) is 1.56. The number of Topliss-reactive ketones (excluding diaryl/α,β-unsaturated/α-hetero) is 1. The van der Waals surface area contributed by atoms with Gasteiger partial charge in [0.05, 0.1) is 28.9 Å². The molecule has 8 nitrogen and oxygen atoms in total. The van der Waals surface area contributed by atoms with Gasteiger partial charge in [0.25, 0.3) is 5.69 Å². The molecule has 0 fully saturated rings. The van der Waals surface area contributed by atoms with Gasteiger partial charge in [-0.25, -0.2) is 0 Å². The van der Waals surface area contributed by atoms with Crippen LogP contribution in [0.1, 0.15) is 21.8 Å². The molecule has 1 unspecified atom stereocenters. The van der Waals surface area contributed by atoms with Crippen LogP contribution in [0.15, 0.2) is 66.7 Å². The van der Waals surface area contributed by atoms with Crippen molar-refractivity contribution in [2.45, 2.75) is 5.92 Å². The molecule has 0 radical (unpaired) electrons. The number of H-pyrrole nitrogens is 1. The highest BCUT2D eigenvalue weighted by Crippen LogP contribution is 2.41. The standard InChI is InChI=1S/C24H17N3O5/c1-32-15-9-6-13(7-10-15)22-20(16-11-8-14(27(30)31)12-19(16)25-22)21-23(28)17-4-2-3-5-18(17)26-24(21)29/h2-12,21,25H,1H3,(H,26,29). The molecule has 158 valence electrons. The van der Waals surface area contributed by atoms with Crippen LogP contribution in [-0.4, -0.2) is 28.7 Å². The second kappa shape index (κ2) is 7.35. The Balaban J connectivity index is 1.76. The molecule has 2 N–H and O–H groups in total. The lowest BCUT2D eigenvalue weighted by molar-refractivity contribution is -0.384. The number of hydrogen-bond acceptors (Lipinski definition) is 5. The summed E-state index contributed by atoms with van der Waals surface area (Å²) in [6, 6.07) is 18.4. The van der Waals surface area contributed by atoms with Gasteiger partial charge in [0.2, 0.25) is 5.91 Å². The van der Waals surface area contributed by atoms with E-state index in [0.29, 0.717) is 39.2 Å². The van der Waals surface area contributed by atoms with E-state index in [0.717, 1.165) is 5.56 Å². The van der Waals surface area contributed by atoms with Crippen molar-refractivity contribution < 1.29 is 19.2 Å². The average Bonchev–Trinajstić information content (AvgIpc) is 3.17. The summed E-state index contributed by atoms with van der Waals surface area (Å²) >= 11 is 0. The van der Waals surface area contributed by atoms with Crippen molar-refractivity contribution in [1.29, 1.82) is 0 Å². The molecule has 5 rings (SSSR count). The number of nitrogens with one attached hydrogen (secondary N) is 2. The summed E-state index contributed by atoms with van der Waals surface area (Å²) < 4.78 is 5.22. The highest BCUT2D eigenvalue weighted by molar-refractivity contribution is 6.26. The minimum absolute atomic E-state index is 0.0867. The maximum atomic E-state index is 13.4. The topological polar surface area (TPSA) is 114 Å². The number of benzene rings is 3. The lowest BCUT2D eigenvalue weighted by Crippen LogP contribution is -2.33. The number of para-hydroxylation sites is 1. The summed E-state index contributed by atoms with van der Waals surface area (Å²) in [4.78, 5) is 40.5. The van der Waals surface area contributed by atoms with Gasteiger partial charge < -0.3 is 15.0 Å². The molecule has 0 saturated heterocycles. The van der Waals surface area contributed by atoms with Crippen molar-refractivity contribution >= 4 is 34.0 Å². The van der Waals surface area contributed by atoms with Crippen LogP contribution >= 0.6 is 0 Å². The Bertz CT molecular complexity index is 1410. The number of non-ortho nitro benzene ring substituents is 1. The molecule has 0 saturated carbocycles. The van der Waals surface area contributed by atoms with Crippen LogP contribution in [-0.2, 0) is 4.79 Å². The first-order valence-corrected chi connectivity index (χ1v) is 9.86. The van der Waals surface area contributed by atoms with Crippen molar-refractivity contribution in [2.75, 3.05) is 12.4 Å². The number of nitrogens with zero attached hydrogens (tertiary/aromatic N) is 1. The zero-order valence-electron chi connectivity index (χ0n) is 16.9. The number of hydrogen-bond donors (Lipinski definition) is 2. The number of methoxy groups -OCH3 is 1. The fourth-order valence-electron chi connectivity index (χ4n) is 4.15. The van der Waals surface area contributed by atoms with Crippen LogP contribution < -0.4 is 10.1 Å². The highest BCUT2D eigenvalue weighted by atomic mass is 16.6. The number of carbonyl (C=O) groups excluding carboxylic acids is 2. The molecule has 0 bridgehead atoms. The second-order valence-electron chi connectivity index (χ2n) is 7.46.